The second kappa shape index (κ2) is 7.24. The number of nitrogens with zero attached hydrogens (tertiary/aromatic N) is 2. The summed E-state index contributed by atoms with van der Waals surface area (Å²) in [5.41, 5.74) is 0. The molecule has 0 aromatic heterocycles. The predicted octanol–water partition coefficient (Wildman–Crippen LogP) is 2.65. The molecule has 91 valence electrons. The van der Waals surface area contributed by atoms with Crippen LogP contribution in [-0.2, 0) is 0 Å². The third-order valence-corrected chi connectivity index (χ3v) is 3.01. The fraction of sp³-hybridized carbons (Fsp3) is 0.923. The second-order valence-corrected chi connectivity index (χ2v) is 5.18. The van der Waals surface area contributed by atoms with E-state index in [1.165, 1.54) is 19.4 Å². The average molecular weight is 213 g/mol. The number of rotatable bonds is 7. The van der Waals surface area contributed by atoms with Crippen LogP contribution in [0, 0.1) is 6.92 Å². The quantitative estimate of drug-likeness (QED) is 0.641. The summed E-state index contributed by atoms with van der Waals surface area (Å²) in [6.45, 7) is 14.4. The van der Waals surface area contributed by atoms with Crippen molar-refractivity contribution in [2.45, 2.75) is 58.7 Å². The van der Waals surface area contributed by atoms with Gasteiger partial charge >= 0.3 is 0 Å². The molecule has 1 radical (unpaired) electrons. The van der Waals surface area contributed by atoms with E-state index in [0.29, 0.717) is 18.1 Å². The molecular weight excluding hydrogens is 184 g/mol. The van der Waals surface area contributed by atoms with Crippen LogP contribution in [0.2, 0.25) is 0 Å². The van der Waals surface area contributed by atoms with Crippen molar-refractivity contribution in [3.05, 3.63) is 6.92 Å². The molecule has 2 heteroatoms. The lowest BCUT2D eigenvalue weighted by molar-refractivity contribution is 0.166. The molecule has 0 heterocycles. The maximum atomic E-state index is 4.13. The van der Waals surface area contributed by atoms with Gasteiger partial charge in [0, 0.05) is 18.1 Å². The minimum atomic E-state index is 0.450. The van der Waals surface area contributed by atoms with Crippen molar-refractivity contribution in [2.24, 2.45) is 0 Å². The predicted molar refractivity (Wildman–Crippen MR) is 69.0 cm³/mol. The van der Waals surface area contributed by atoms with E-state index < -0.39 is 0 Å². The highest BCUT2D eigenvalue weighted by molar-refractivity contribution is 4.72. The van der Waals surface area contributed by atoms with Gasteiger partial charge in [-0.1, -0.05) is 0 Å². The molecule has 0 fully saturated rings. The smallest absolute Gasteiger partial charge is 0.00902 e. The van der Waals surface area contributed by atoms with Gasteiger partial charge in [0.2, 0.25) is 0 Å². The Morgan fingerprint density at radius 2 is 1.47 bits per heavy atom. The van der Waals surface area contributed by atoms with Crippen molar-refractivity contribution in [1.29, 1.82) is 0 Å². The molecule has 0 saturated heterocycles. The Morgan fingerprint density at radius 3 is 1.80 bits per heavy atom. The summed E-state index contributed by atoms with van der Waals surface area (Å²) < 4.78 is 0. The van der Waals surface area contributed by atoms with Crippen molar-refractivity contribution in [1.82, 2.24) is 9.80 Å². The van der Waals surface area contributed by atoms with Crippen LogP contribution >= 0.6 is 0 Å². The third kappa shape index (κ3) is 6.16. The van der Waals surface area contributed by atoms with E-state index in [1.807, 2.05) is 0 Å². The van der Waals surface area contributed by atoms with Gasteiger partial charge in [0.25, 0.3) is 0 Å². The van der Waals surface area contributed by atoms with Crippen LogP contribution in [0.1, 0.15) is 40.5 Å². The van der Waals surface area contributed by atoms with Crippen LogP contribution in [0.15, 0.2) is 0 Å². The summed E-state index contributed by atoms with van der Waals surface area (Å²) in [5, 5.41) is 0. The monoisotopic (exact) mass is 213 g/mol. The molecule has 1 atom stereocenters. The van der Waals surface area contributed by atoms with Crippen LogP contribution < -0.4 is 0 Å². The zero-order valence-electron chi connectivity index (χ0n) is 11.5. The lowest BCUT2D eigenvalue weighted by atomic mass is 10.1. The lowest BCUT2D eigenvalue weighted by Gasteiger charge is -2.31. The molecule has 0 aliphatic rings. The molecule has 0 aromatic rings. The zero-order chi connectivity index (χ0) is 12.0. The molecule has 0 aromatic carbocycles. The van der Waals surface area contributed by atoms with E-state index in [4.69, 9.17) is 0 Å². The summed E-state index contributed by atoms with van der Waals surface area (Å²) in [7, 11) is 4.20. The van der Waals surface area contributed by atoms with E-state index in [-0.39, 0.29) is 0 Å². The number of hydrogen-bond donors (Lipinski definition) is 0. The highest BCUT2D eigenvalue weighted by atomic mass is 15.2. The molecule has 0 aliphatic carbocycles. The SMILES string of the molecule is [CH2]C(CCCN(C(C)C)C(C)C)N(C)C. The highest BCUT2D eigenvalue weighted by Crippen LogP contribution is 2.09. The molecule has 1 unspecified atom stereocenters. The minimum absolute atomic E-state index is 0.450. The molecule has 0 saturated carbocycles. The molecule has 0 N–H and O–H groups in total. The average Bonchev–Trinajstić information content (AvgIpc) is 2.10. The molecule has 0 spiro atoms. The first-order valence-electron chi connectivity index (χ1n) is 6.11. The fourth-order valence-corrected chi connectivity index (χ4v) is 1.88. The largest absolute Gasteiger partial charge is 0.306 e. The molecule has 0 amide bonds. The Morgan fingerprint density at radius 1 is 1.00 bits per heavy atom. The first-order chi connectivity index (χ1) is 6.86. The minimum Gasteiger partial charge on any atom is -0.306 e. The molecular formula is C13H29N2. The standard InChI is InChI=1S/C13H29N2/c1-11(2)15(12(3)4)10-8-9-13(5)14(6)7/h11-13H,5,8-10H2,1-4,6-7H3. The molecule has 0 rings (SSSR count). The van der Waals surface area contributed by atoms with E-state index in [0.717, 1.165) is 0 Å². The first kappa shape index (κ1) is 14.9. The van der Waals surface area contributed by atoms with E-state index in [9.17, 15) is 0 Å². The summed E-state index contributed by atoms with van der Waals surface area (Å²) in [4.78, 5) is 4.73. The van der Waals surface area contributed by atoms with E-state index in [1.54, 1.807) is 0 Å². The molecule has 0 aliphatic heterocycles. The third-order valence-electron chi connectivity index (χ3n) is 3.01. The maximum absolute atomic E-state index is 4.13. The van der Waals surface area contributed by atoms with Crippen molar-refractivity contribution in [2.75, 3.05) is 20.6 Å². The number of hydrogen-bond acceptors (Lipinski definition) is 2. The Hall–Kier alpha value is -0.0800. The van der Waals surface area contributed by atoms with Crippen LogP contribution in [0.25, 0.3) is 0 Å². The van der Waals surface area contributed by atoms with Gasteiger partial charge in [0.15, 0.2) is 0 Å². The van der Waals surface area contributed by atoms with Crippen molar-refractivity contribution >= 4 is 0 Å². The van der Waals surface area contributed by atoms with Gasteiger partial charge in [0.1, 0.15) is 0 Å². The van der Waals surface area contributed by atoms with Crippen LogP contribution in [0.4, 0.5) is 0 Å². The van der Waals surface area contributed by atoms with E-state index in [2.05, 4.69) is 58.5 Å². The van der Waals surface area contributed by atoms with Gasteiger partial charge in [-0.3, -0.25) is 4.90 Å². The van der Waals surface area contributed by atoms with Crippen LogP contribution in [-0.4, -0.2) is 48.6 Å². The Labute approximate surface area is 96.6 Å². The summed E-state index contributed by atoms with van der Waals surface area (Å²) in [6.07, 6.45) is 2.42. The van der Waals surface area contributed by atoms with E-state index >= 15 is 0 Å². The topological polar surface area (TPSA) is 6.48 Å². The van der Waals surface area contributed by atoms with Gasteiger partial charge in [0.05, 0.1) is 0 Å². The fourth-order valence-electron chi connectivity index (χ4n) is 1.88. The molecule has 0 bridgehead atoms. The second-order valence-electron chi connectivity index (χ2n) is 5.18. The Balaban J connectivity index is 3.81. The van der Waals surface area contributed by atoms with Crippen molar-refractivity contribution < 1.29 is 0 Å². The lowest BCUT2D eigenvalue weighted by Crippen LogP contribution is -2.38. The van der Waals surface area contributed by atoms with Crippen molar-refractivity contribution in [3.8, 4) is 0 Å². The van der Waals surface area contributed by atoms with Gasteiger partial charge < -0.3 is 4.90 Å². The molecule has 15 heavy (non-hydrogen) atoms. The van der Waals surface area contributed by atoms with Gasteiger partial charge in [-0.2, -0.15) is 0 Å². The van der Waals surface area contributed by atoms with Crippen LogP contribution in [0.3, 0.4) is 0 Å². The first-order valence-corrected chi connectivity index (χ1v) is 6.11. The molecule has 2 nitrogen and oxygen atoms in total. The summed E-state index contributed by atoms with van der Waals surface area (Å²) in [6, 6.07) is 1.74. The maximum Gasteiger partial charge on any atom is 0.00902 e. The Kier molecular flexibility index (Phi) is 7.20. The highest BCUT2D eigenvalue weighted by Gasteiger charge is 2.13. The Bertz CT molecular complexity index is 145. The van der Waals surface area contributed by atoms with Gasteiger partial charge in [-0.15, -0.1) is 0 Å². The van der Waals surface area contributed by atoms with Gasteiger partial charge in [-0.05, 0) is 68.1 Å². The normalized spacial score (nSPS) is 14.6. The van der Waals surface area contributed by atoms with Crippen LogP contribution in [0.5, 0.6) is 0 Å². The zero-order valence-corrected chi connectivity index (χ0v) is 11.5. The van der Waals surface area contributed by atoms with Crippen molar-refractivity contribution in [3.63, 3.8) is 0 Å². The summed E-state index contributed by atoms with van der Waals surface area (Å²) in [5.74, 6) is 0. The summed E-state index contributed by atoms with van der Waals surface area (Å²) >= 11 is 0. The van der Waals surface area contributed by atoms with Gasteiger partial charge in [-0.25, -0.2) is 0 Å².